The minimum atomic E-state index is 0.121. The fraction of sp³-hybridized carbons (Fsp3) is 0.650. The molecule has 0 saturated carbocycles. The molecule has 0 aliphatic carbocycles. The highest BCUT2D eigenvalue weighted by molar-refractivity contribution is 8.77. The number of benzene rings is 1. The fourth-order valence-corrected chi connectivity index (χ4v) is 6.44. The summed E-state index contributed by atoms with van der Waals surface area (Å²) in [5.41, 5.74) is 2.19. The maximum Gasteiger partial charge on any atom is 0.220 e. The van der Waals surface area contributed by atoms with E-state index in [1.165, 1.54) is 24.2 Å². The number of ether oxygens (including phenoxy) is 2. The van der Waals surface area contributed by atoms with Crippen LogP contribution in [0.1, 0.15) is 57.1 Å². The molecule has 2 atom stereocenters. The van der Waals surface area contributed by atoms with Gasteiger partial charge in [0.25, 0.3) is 0 Å². The van der Waals surface area contributed by atoms with Crippen molar-refractivity contribution >= 4 is 27.5 Å². The number of carbonyl (C=O) groups excluding carboxylic acids is 1. The molecule has 2 unspecified atom stereocenters. The molecule has 144 valence electrons. The fourth-order valence-electron chi connectivity index (χ4n) is 3.41. The highest BCUT2D eigenvalue weighted by Crippen LogP contribution is 2.40. The van der Waals surface area contributed by atoms with Crippen LogP contribution in [0.5, 0.6) is 11.5 Å². The van der Waals surface area contributed by atoms with Crippen LogP contribution in [-0.2, 0) is 17.8 Å². The van der Waals surface area contributed by atoms with Crippen LogP contribution in [0.4, 0.5) is 0 Å². The molecule has 0 aromatic heterocycles. The van der Waals surface area contributed by atoms with E-state index in [0.29, 0.717) is 19.6 Å². The summed E-state index contributed by atoms with van der Waals surface area (Å²) in [5, 5.41) is 3.84. The minimum Gasteiger partial charge on any atom is -0.494 e. The van der Waals surface area contributed by atoms with E-state index in [9.17, 15) is 4.79 Å². The molecule has 1 amide bonds. The first kappa shape index (κ1) is 19.7. The lowest BCUT2D eigenvalue weighted by Crippen LogP contribution is -2.22. The van der Waals surface area contributed by atoms with E-state index in [-0.39, 0.29) is 12.0 Å². The van der Waals surface area contributed by atoms with Crippen molar-refractivity contribution in [3.05, 3.63) is 23.3 Å². The van der Waals surface area contributed by atoms with Gasteiger partial charge in [-0.05, 0) is 45.2 Å². The first-order valence-corrected chi connectivity index (χ1v) is 12.0. The molecule has 0 spiro atoms. The molecule has 6 heteroatoms. The summed E-state index contributed by atoms with van der Waals surface area (Å²) in [5.74, 6) is 3.19. The lowest BCUT2D eigenvalue weighted by Gasteiger charge is -2.13. The SMILES string of the molecule is CCOc1cc2c(cc1CNC(=O)CCCCC1CCSS1)OC(C)C2. The van der Waals surface area contributed by atoms with Gasteiger partial charge in [0, 0.05) is 41.5 Å². The Kier molecular flexibility index (Phi) is 7.43. The van der Waals surface area contributed by atoms with Crippen molar-refractivity contribution in [3.63, 3.8) is 0 Å². The molecular weight excluding hydrogens is 366 g/mol. The zero-order chi connectivity index (χ0) is 18.4. The first-order valence-electron chi connectivity index (χ1n) is 9.66. The summed E-state index contributed by atoms with van der Waals surface area (Å²) >= 11 is 0. The van der Waals surface area contributed by atoms with Gasteiger partial charge in [-0.25, -0.2) is 0 Å². The molecular formula is C20H29NO3S2. The molecule has 2 heterocycles. The van der Waals surface area contributed by atoms with Gasteiger partial charge in [-0.15, -0.1) is 0 Å². The first-order chi connectivity index (χ1) is 12.7. The van der Waals surface area contributed by atoms with Crippen molar-refractivity contribution in [1.82, 2.24) is 5.32 Å². The van der Waals surface area contributed by atoms with Gasteiger partial charge in [-0.2, -0.15) is 0 Å². The van der Waals surface area contributed by atoms with E-state index >= 15 is 0 Å². The van der Waals surface area contributed by atoms with E-state index in [1.807, 2.05) is 34.6 Å². The van der Waals surface area contributed by atoms with Gasteiger partial charge in [-0.1, -0.05) is 28.0 Å². The second-order valence-corrected chi connectivity index (χ2v) is 9.77. The zero-order valence-corrected chi connectivity index (χ0v) is 17.3. The largest absolute Gasteiger partial charge is 0.494 e. The third-order valence-corrected chi connectivity index (χ3v) is 7.77. The summed E-state index contributed by atoms with van der Waals surface area (Å²) in [6.07, 6.45) is 6.39. The highest BCUT2D eigenvalue weighted by atomic mass is 33.1. The number of hydrogen-bond acceptors (Lipinski definition) is 5. The number of amides is 1. The average Bonchev–Trinajstić information content (AvgIpc) is 3.25. The summed E-state index contributed by atoms with van der Waals surface area (Å²) in [7, 11) is 4.00. The van der Waals surface area contributed by atoms with Gasteiger partial charge >= 0.3 is 0 Å². The molecule has 2 aliphatic heterocycles. The van der Waals surface area contributed by atoms with Crippen molar-refractivity contribution < 1.29 is 14.3 Å². The molecule has 1 N–H and O–H groups in total. The van der Waals surface area contributed by atoms with Gasteiger partial charge in [-0.3, -0.25) is 4.79 Å². The smallest absolute Gasteiger partial charge is 0.220 e. The average molecular weight is 396 g/mol. The van der Waals surface area contributed by atoms with Crippen molar-refractivity contribution in [3.8, 4) is 11.5 Å². The molecule has 4 nitrogen and oxygen atoms in total. The van der Waals surface area contributed by atoms with Crippen LogP contribution in [0, 0.1) is 0 Å². The van der Waals surface area contributed by atoms with Crippen LogP contribution in [0.2, 0.25) is 0 Å². The maximum absolute atomic E-state index is 12.2. The Balaban J connectivity index is 1.45. The number of carbonyl (C=O) groups is 1. The second kappa shape index (κ2) is 9.79. The molecule has 1 saturated heterocycles. The topological polar surface area (TPSA) is 47.6 Å². The Bertz CT molecular complexity index is 617. The molecule has 2 aliphatic rings. The molecule has 1 aromatic rings. The van der Waals surface area contributed by atoms with Crippen LogP contribution in [0.3, 0.4) is 0 Å². The number of nitrogens with one attached hydrogen (secondary N) is 1. The van der Waals surface area contributed by atoms with Crippen molar-refractivity contribution in [2.45, 2.75) is 70.3 Å². The zero-order valence-electron chi connectivity index (χ0n) is 15.7. The van der Waals surface area contributed by atoms with E-state index in [0.717, 1.165) is 41.6 Å². The predicted molar refractivity (Wildman–Crippen MR) is 110 cm³/mol. The molecule has 0 radical (unpaired) electrons. The Morgan fingerprint density at radius 1 is 1.38 bits per heavy atom. The monoisotopic (exact) mass is 395 g/mol. The molecule has 1 fully saturated rings. The Morgan fingerprint density at radius 3 is 3.04 bits per heavy atom. The summed E-state index contributed by atoms with van der Waals surface area (Å²) in [6.45, 7) is 5.17. The number of hydrogen-bond donors (Lipinski definition) is 1. The van der Waals surface area contributed by atoms with Crippen molar-refractivity contribution in [1.29, 1.82) is 0 Å². The second-order valence-electron chi connectivity index (χ2n) is 6.98. The lowest BCUT2D eigenvalue weighted by atomic mass is 10.1. The van der Waals surface area contributed by atoms with Crippen LogP contribution in [0.25, 0.3) is 0 Å². The minimum absolute atomic E-state index is 0.121. The van der Waals surface area contributed by atoms with Gasteiger partial charge in [0.2, 0.25) is 5.91 Å². The molecule has 0 bridgehead atoms. The quantitative estimate of drug-likeness (QED) is 0.483. The van der Waals surface area contributed by atoms with E-state index in [4.69, 9.17) is 9.47 Å². The van der Waals surface area contributed by atoms with Crippen LogP contribution >= 0.6 is 21.6 Å². The normalized spacial score (nSPS) is 21.3. The number of fused-ring (bicyclic) bond motifs is 1. The van der Waals surface area contributed by atoms with Gasteiger partial charge < -0.3 is 14.8 Å². The number of unbranched alkanes of at least 4 members (excludes halogenated alkanes) is 1. The van der Waals surface area contributed by atoms with E-state index in [2.05, 4.69) is 18.3 Å². The predicted octanol–water partition coefficient (Wildman–Crippen LogP) is 4.74. The third-order valence-electron chi connectivity index (χ3n) is 4.76. The van der Waals surface area contributed by atoms with Crippen LogP contribution in [0.15, 0.2) is 12.1 Å². The molecule has 1 aromatic carbocycles. The summed E-state index contributed by atoms with van der Waals surface area (Å²) < 4.78 is 11.6. The summed E-state index contributed by atoms with van der Waals surface area (Å²) in [6, 6.07) is 4.10. The Morgan fingerprint density at radius 2 is 2.27 bits per heavy atom. The lowest BCUT2D eigenvalue weighted by molar-refractivity contribution is -0.121. The van der Waals surface area contributed by atoms with Crippen LogP contribution in [-0.4, -0.2) is 29.6 Å². The highest BCUT2D eigenvalue weighted by Gasteiger charge is 2.22. The van der Waals surface area contributed by atoms with Gasteiger partial charge in [0.1, 0.15) is 17.6 Å². The van der Waals surface area contributed by atoms with E-state index < -0.39 is 0 Å². The summed E-state index contributed by atoms with van der Waals surface area (Å²) in [4.78, 5) is 12.2. The van der Waals surface area contributed by atoms with Crippen LogP contribution < -0.4 is 14.8 Å². The molecule has 26 heavy (non-hydrogen) atoms. The van der Waals surface area contributed by atoms with Crippen molar-refractivity contribution in [2.24, 2.45) is 0 Å². The van der Waals surface area contributed by atoms with Crippen molar-refractivity contribution in [2.75, 3.05) is 12.4 Å². The maximum atomic E-state index is 12.2. The Labute approximate surface area is 164 Å². The molecule has 3 rings (SSSR count). The standard InChI is InChI=1S/C20H29NO3S2/c1-3-23-18-11-15-10-14(2)24-19(15)12-16(18)13-21-20(22)7-5-4-6-17-8-9-25-26-17/h11-12,14,17H,3-10,13H2,1-2H3,(H,21,22). The number of rotatable bonds is 9. The Hall–Kier alpha value is -1.01. The van der Waals surface area contributed by atoms with Gasteiger partial charge in [0.15, 0.2) is 0 Å². The third kappa shape index (κ3) is 5.49. The van der Waals surface area contributed by atoms with E-state index in [1.54, 1.807) is 0 Å². The van der Waals surface area contributed by atoms with Gasteiger partial charge in [0.05, 0.1) is 6.61 Å².